The molecular weight excluding hydrogens is 244 g/mol. The van der Waals surface area contributed by atoms with Gasteiger partial charge in [0.2, 0.25) is 0 Å². The zero-order chi connectivity index (χ0) is 15.2. The van der Waals surface area contributed by atoms with Gasteiger partial charge in [0, 0.05) is 31.7 Å². The molecule has 1 fully saturated rings. The van der Waals surface area contributed by atoms with Crippen molar-refractivity contribution in [3.63, 3.8) is 0 Å². The number of hydrogen-bond acceptors (Lipinski definition) is 2. The lowest BCUT2D eigenvalue weighted by atomic mass is 9.85. The van der Waals surface area contributed by atoms with Crippen LogP contribution in [0.25, 0.3) is 0 Å². The quantitative estimate of drug-likeness (QED) is 0.678. The molecule has 0 radical (unpaired) electrons. The van der Waals surface area contributed by atoms with Crippen LogP contribution in [0.2, 0.25) is 0 Å². The number of nitrogens with zero attached hydrogens (tertiary/aromatic N) is 1. The molecular formula is C18H38N2. The molecule has 0 saturated heterocycles. The third kappa shape index (κ3) is 6.13. The third-order valence-electron chi connectivity index (χ3n) is 4.82. The van der Waals surface area contributed by atoms with E-state index < -0.39 is 0 Å². The fourth-order valence-electron chi connectivity index (χ4n) is 3.31. The van der Waals surface area contributed by atoms with E-state index in [0.29, 0.717) is 11.5 Å². The number of hydrogen-bond donors (Lipinski definition) is 1. The first-order chi connectivity index (χ1) is 9.36. The van der Waals surface area contributed by atoms with Crippen LogP contribution < -0.4 is 5.32 Å². The summed E-state index contributed by atoms with van der Waals surface area (Å²) < 4.78 is 0. The Labute approximate surface area is 127 Å². The summed E-state index contributed by atoms with van der Waals surface area (Å²) in [5.74, 6) is 0.773. The van der Waals surface area contributed by atoms with Crippen molar-refractivity contribution in [3.8, 4) is 0 Å². The van der Waals surface area contributed by atoms with Crippen LogP contribution in [0, 0.1) is 11.3 Å². The van der Waals surface area contributed by atoms with Crippen molar-refractivity contribution >= 4 is 0 Å². The lowest BCUT2D eigenvalue weighted by Gasteiger charge is -2.39. The topological polar surface area (TPSA) is 15.3 Å². The first-order valence-electron chi connectivity index (χ1n) is 8.83. The van der Waals surface area contributed by atoms with Crippen LogP contribution in [0.15, 0.2) is 0 Å². The van der Waals surface area contributed by atoms with E-state index in [1.54, 1.807) is 0 Å². The molecule has 0 amide bonds. The lowest BCUT2D eigenvalue weighted by molar-refractivity contribution is 0.101. The fraction of sp³-hybridized carbons (Fsp3) is 1.00. The van der Waals surface area contributed by atoms with Gasteiger partial charge in [-0.25, -0.2) is 0 Å². The Balaban J connectivity index is 2.63. The molecule has 120 valence electrons. The van der Waals surface area contributed by atoms with Gasteiger partial charge in [-0.1, -0.05) is 54.4 Å². The van der Waals surface area contributed by atoms with Crippen molar-refractivity contribution in [2.45, 2.75) is 85.7 Å². The standard InChI is InChI=1S/C18H38N2/c1-7-18(6,13-19-16(4)5)14-20(12-15(2)3)17-10-8-9-11-17/h15-17,19H,7-14H2,1-6H3. The molecule has 0 bridgehead atoms. The minimum atomic E-state index is 0.405. The highest BCUT2D eigenvalue weighted by Crippen LogP contribution is 2.29. The van der Waals surface area contributed by atoms with E-state index in [-0.39, 0.29) is 0 Å². The van der Waals surface area contributed by atoms with Gasteiger partial charge in [-0.2, -0.15) is 0 Å². The third-order valence-corrected chi connectivity index (χ3v) is 4.82. The Kier molecular flexibility index (Phi) is 7.53. The SMILES string of the molecule is CCC(C)(CNC(C)C)CN(CC(C)C)C1CCCC1. The molecule has 0 aromatic rings. The second-order valence-electron chi connectivity index (χ2n) is 7.96. The van der Waals surface area contributed by atoms with Crippen LogP contribution in [-0.2, 0) is 0 Å². The highest BCUT2D eigenvalue weighted by atomic mass is 15.2. The highest BCUT2D eigenvalue weighted by Gasteiger charge is 2.30. The van der Waals surface area contributed by atoms with Crippen molar-refractivity contribution < 1.29 is 0 Å². The molecule has 1 unspecified atom stereocenters. The summed E-state index contributed by atoms with van der Waals surface area (Å²) in [6.07, 6.45) is 6.97. The first-order valence-corrected chi connectivity index (χ1v) is 8.83. The van der Waals surface area contributed by atoms with Crippen molar-refractivity contribution in [2.24, 2.45) is 11.3 Å². The van der Waals surface area contributed by atoms with E-state index in [1.807, 2.05) is 0 Å². The summed E-state index contributed by atoms with van der Waals surface area (Å²) in [5.41, 5.74) is 0.405. The van der Waals surface area contributed by atoms with Crippen LogP contribution in [0.5, 0.6) is 0 Å². The highest BCUT2D eigenvalue weighted by molar-refractivity contribution is 4.86. The fourth-order valence-corrected chi connectivity index (χ4v) is 3.31. The van der Waals surface area contributed by atoms with Gasteiger partial charge in [0.1, 0.15) is 0 Å². The Morgan fingerprint density at radius 2 is 1.75 bits per heavy atom. The Morgan fingerprint density at radius 3 is 2.20 bits per heavy atom. The molecule has 1 aliphatic rings. The summed E-state index contributed by atoms with van der Waals surface area (Å²) >= 11 is 0. The minimum absolute atomic E-state index is 0.405. The van der Waals surface area contributed by atoms with E-state index in [0.717, 1.165) is 18.5 Å². The summed E-state index contributed by atoms with van der Waals surface area (Å²) in [4.78, 5) is 2.81. The minimum Gasteiger partial charge on any atom is -0.314 e. The molecule has 20 heavy (non-hydrogen) atoms. The number of nitrogens with one attached hydrogen (secondary N) is 1. The van der Waals surface area contributed by atoms with Crippen LogP contribution in [-0.4, -0.2) is 36.6 Å². The van der Waals surface area contributed by atoms with Gasteiger partial charge in [0.15, 0.2) is 0 Å². The average molecular weight is 283 g/mol. The largest absolute Gasteiger partial charge is 0.314 e. The molecule has 2 heteroatoms. The van der Waals surface area contributed by atoms with Gasteiger partial charge in [-0.3, -0.25) is 4.90 Å². The summed E-state index contributed by atoms with van der Waals surface area (Å²) in [6.45, 7) is 17.7. The van der Waals surface area contributed by atoms with Gasteiger partial charge in [0.05, 0.1) is 0 Å². The first kappa shape index (κ1) is 18.0. The molecule has 0 aromatic carbocycles. The van der Waals surface area contributed by atoms with Crippen LogP contribution >= 0.6 is 0 Å². The normalized spacial score (nSPS) is 20.2. The number of rotatable bonds is 9. The molecule has 1 saturated carbocycles. The van der Waals surface area contributed by atoms with Gasteiger partial charge >= 0.3 is 0 Å². The maximum atomic E-state index is 3.66. The van der Waals surface area contributed by atoms with Crippen LogP contribution in [0.3, 0.4) is 0 Å². The average Bonchev–Trinajstić information content (AvgIpc) is 2.89. The molecule has 0 spiro atoms. The summed E-state index contributed by atoms with van der Waals surface area (Å²) in [7, 11) is 0. The van der Waals surface area contributed by atoms with Crippen molar-refractivity contribution in [3.05, 3.63) is 0 Å². The lowest BCUT2D eigenvalue weighted by Crippen LogP contribution is -2.47. The maximum absolute atomic E-state index is 3.66. The Morgan fingerprint density at radius 1 is 1.15 bits per heavy atom. The van der Waals surface area contributed by atoms with E-state index >= 15 is 0 Å². The van der Waals surface area contributed by atoms with E-state index in [1.165, 1.54) is 45.2 Å². The second kappa shape index (κ2) is 8.38. The molecule has 1 atom stereocenters. The molecule has 0 aliphatic heterocycles. The molecule has 1 aliphatic carbocycles. The summed E-state index contributed by atoms with van der Waals surface area (Å²) in [5, 5.41) is 3.66. The molecule has 1 rings (SSSR count). The van der Waals surface area contributed by atoms with E-state index in [4.69, 9.17) is 0 Å². The van der Waals surface area contributed by atoms with Crippen molar-refractivity contribution in [1.29, 1.82) is 0 Å². The van der Waals surface area contributed by atoms with E-state index in [2.05, 4.69) is 51.8 Å². The molecule has 1 N–H and O–H groups in total. The smallest absolute Gasteiger partial charge is 0.00956 e. The van der Waals surface area contributed by atoms with Crippen LogP contribution in [0.1, 0.15) is 73.6 Å². The summed E-state index contributed by atoms with van der Waals surface area (Å²) in [6, 6.07) is 1.44. The monoisotopic (exact) mass is 282 g/mol. The zero-order valence-corrected chi connectivity index (χ0v) is 14.8. The molecule has 0 aromatic heterocycles. The maximum Gasteiger partial charge on any atom is 0.00956 e. The zero-order valence-electron chi connectivity index (χ0n) is 14.8. The van der Waals surface area contributed by atoms with Crippen LogP contribution in [0.4, 0.5) is 0 Å². The molecule has 2 nitrogen and oxygen atoms in total. The van der Waals surface area contributed by atoms with Gasteiger partial charge in [-0.05, 0) is 30.6 Å². The van der Waals surface area contributed by atoms with Crippen molar-refractivity contribution in [1.82, 2.24) is 10.2 Å². The van der Waals surface area contributed by atoms with E-state index in [9.17, 15) is 0 Å². The predicted octanol–water partition coefficient (Wildman–Crippen LogP) is 4.30. The Bertz CT molecular complexity index is 256. The predicted molar refractivity (Wildman–Crippen MR) is 90.2 cm³/mol. The van der Waals surface area contributed by atoms with Gasteiger partial charge < -0.3 is 5.32 Å². The van der Waals surface area contributed by atoms with Crippen molar-refractivity contribution in [2.75, 3.05) is 19.6 Å². The van der Waals surface area contributed by atoms with Gasteiger partial charge in [-0.15, -0.1) is 0 Å². The molecule has 0 heterocycles. The second-order valence-corrected chi connectivity index (χ2v) is 7.96. The van der Waals surface area contributed by atoms with Gasteiger partial charge in [0.25, 0.3) is 0 Å². The Hall–Kier alpha value is -0.0800.